The molecule has 3 aromatic rings. The minimum Gasteiger partial charge on any atom is -0.360 e. The van der Waals surface area contributed by atoms with E-state index in [1.807, 2.05) is 61.7 Å². The molecule has 3 rings (SSSR count). The Morgan fingerprint density at radius 3 is 2.63 bits per heavy atom. The zero-order chi connectivity index (χ0) is 19.4. The van der Waals surface area contributed by atoms with Gasteiger partial charge >= 0.3 is 0 Å². The predicted octanol–water partition coefficient (Wildman–Crippen LogP) is 4.32. The van der Waals surface area contributed by atoms with E-state index < -0.39 is 0 Å². The summed E-state index contributed by atoms with van der Waals surface area (Å²) >= 11 is 0. The van der Waals surface area contributed by atoms with Crippen molar-refractivity contribution in [2.24, 2.45) is 0 Å². The van der Waals surface area contributed by atoms with E-state index in [1.165, 1.54) is 5.56 Å². The van der Waals surface area contributed by atoms with Gasteiger partial charge in [0.2, 0.25) is 5.91 Å². The van der Waals surface area contributed by atoms with Crippen LogP contribution in [0.2, 0.25) is 0 Å². The second kappa shape index (κ2) is 8.08. The first-order chi connectivity index (χ1) is 13.0. The first-order valence-corrected chi connectivity index (χ1v) is 9.09. The van der Waals surface area contributed by atoms with E-state index >= 15 is 0 Å². The number of aromatic nitrogens is 2. The molecule has 5 nitrogen and oxygen atoms in total. The highest BCUT2D eigenvalue weighted by molar-refractivity contribution is 5.92. The van der Waals surface area contributed by atoms with Crippen LogP contribution in [-0.4, -0.2) is 22.2 Å². The SMILES string of the molecule is Cc1cc(-n2c(C)cc(/C=C/C(=O)NC[C@@H](C)c3ccccc3)c2C)no1. The largest absolute Gasteiger partial charge is 0.360 e. The maximum Gasteiger partial charge on any atom is 0.244 e. The van der Waals surface area contributed by atoms with E-state index in [0.717, 1.165) is 28.5 Å². The molecule has 0 radical (unpaired) electrons. The maximum absolute atomic E-state index is 12.2. The Balaban J connectivity index is 1.65. The summed E-state index contributed by atoms with van der Waals surface area (Å²) in [6.07, 6.45) is 3.42. The molecule has 140 valence electrons. The minimum atomic E-state index is -0.0973. The van der Waals surface area contributed by atoms with E-state index in [0.29, 0.717) is 6.54 Å². The van der Waals surface area contributed by atoms with Gasteiger partial charge in [-0.15, -0.1) is 0 Å². The zero-order valence-electron chi connectivity index (χ0n) is 16.2. The molecular formula is C22H25N3O2. The summed E-state index contributed by atoms with van der Waals surface area (Å²) in [5.41, 5.74) is 4.26. The van der Waals surface area contributed by atoms with Gasteiger partial charge < -0.3 is 9.84 Å². The van der Waals surface area contributed by atoms with Crippen molar-refractivity contribution in [3.05, 3.63) is 76.8 Å². The third-order valence-corrected chi connectivity index (χ3v) is 4.68. The summed E-state index contributed by atoms with van der Waals surface area (Å²) < 4.78 is 7.19. The molecule has 0 unspecified atom stereocenters. The topological polar surface area (TPSA) is 60.1 Å². The Bertz CT molecular complexity index is 951. The number of aryl methyl sites for hydroxylation is 2. The molecule has 5 heteroatoms. The normalized spacial score (nSPS) is 12.4. The summed E-state index contributed by atoms with van der Waals surface area (Å²) in [6, 6.07) is 14.1. The number of nitrogens with zero attached hydrogens (tertiary/aromatic N) is 2. The molecule has 0 aliphatic rings. The second-order valence-electron chi connectivity index (χ2n) is 6.85. The molecule has 0 aliphatic heterocycles. The van der Waals surface area contributed by atoms with Crippen molar-refractivity contribution in [3.8, 4) is 5.82 Å². The number of rotatable bonds is 6. The number of carbonyl (C=O) groups excluding carboxylic acids is 1. The second-order valence-corrected chi connectivity index (χ2v) is 6.85. The fraction of sp³-hybridized carbons (Fsp3) is 0.273. The van der Waals surface area contributed by atoms with Crippen LogP contribution in [0.25, 0.3) is 11.9 Å². The van der Waals surface area contributed by atoms with Gasteiger partial charge in [0.15, 0.2) is 5.82 Å². The Morgan fingerprint density at radius 2 is 1.96 bits per heavy atom. The van der Waals surface area contributed by atoms with Crippen LogP contribution in [0.4, 0.5) is 0 Å². The van der Waals surface area contributed by atoms with Crippen LogP contribution in [0.15, 0.2) is 53.1 Å². The number of carbonyl (C=O) groups is 1. The van der Waals surface area contributed by atoms with Crippen molar-refractivity contribution < 1.29 is 9.32 Å². The first kappa shape index (κ1) is 18.7. The summed E-state index contributed by atoms with van der Waals surface area (Å²) in [5.74, 6) is 1.69. The molecule has 1 amide bonds. The van der Waals surface area contributed by atoms with Crippen LogP contribution >= 0.6 is 0 Å². The zero-order valence-corrected chi connectivity index (χ0v) is 16.2. The number of benzene rings is 1. The van der Waals surface area contributed by atoms with Gasteiger partial charge in [-0.1, -0.05) is 42.4 Å². The average molecular weight is 363 g/mol. The molecule has 27 heavy (non-hydrogen) atoms. The van der Waals surface area contributed by atoms with Gasteiger partial charge in [0.05, 0.1) is 0 Å². The molecule has 1 aromatic carbocycles. The van der Waals surface area contributed by atoms with E-state index in [2.05, 4.69) is 29.5 Å². The summed E-state index contributed by atoms with van der Waals surface area (Å²) in [5, 5.41) is 7.05. The standard InChI is InChI=1S/C22H25N3O2/c1-15(19-8-6-5-7-9-19)14-23-22(26)11-10-20-12-16(2)25(18(20)4)21-13-17(3)27-24-21/h5-13,15H,14H2,1-4H3,(H,23,26)/b11-10+/t15-/m1/s1. The Hall–Kier alpha value is -3.08. The number of nitrogens with one attached hydrogen (secondary N) is 1. The lowest BCUT2D eigenvalue weighted by Crippen LogP contribution is -2.25. The number of amides is 1. The van der Waals surface area contributed by atoms with Gasteiger partial charge in [-0.3, -0.25) is 9.36 Å². The molecule has 1 atom stereocenters. The van der Waals surface area contributed by atoms with Crippen molar-refractivity contribution in [1.82, 2.24) is 15.0 Å². The van der Waals surface area contributed by atoms with Crippen molar-refractivity contribution in [1.29, 1.82) is 0 Å². The molecule has 0 saturated heterocycles. The Kier molecular flexibility index (Phi) is 5.60. The van der Waals surface area contributed by atoms with Crippen LogP contribution in [0, 0.1) is 20.8 Å². The molecule has 0 saturated carbocycles. The molecule has 0 bridgehead atoms. The van der Waals surface area contributed by atoms with Gasteiger partial charge in [-0.05, 0) is 50.0 Å². The molecule has 0 aliphatic carbocycles. The van der Waals surface area contributed by atoms with Crippen LogP contribution in [0.1, 0.15) is 41.1 Å². The number of hydrogen-bond donors (Lipinski definition) is 1. The lowest BCUT2D eigenvalue weighted by Gasteiger charge is -2.11. The van der Waals surface area contributed by atoms with E-state index in [4.69, 9.17) is 4.52 Å². The molecule has 0 fully saturated rings. The molecule has 2 aromatic heterocycles. The van der Waals surface area contributed by atoms with Crippen molar-refractivity contribution in [2.45, 2.75) is 33.6 Å². The third-order valence-electron chi connectivity index (χ3n) is 4.68. The maximum atomic E-state index is 12.2. The van der Waals surface area contributed by atoms with Crippen LogP contribution in [0.5, 0.6) is 0 Å². The Labute approximate surface area is 159 Å². The summed E-state index contributed by atoms with van der Waals surface area (Å²) in [7, 11) is 0. The smallest absolute Gasteiger partial charge is 0.244 e. The highest BCUT2D eigenvalue weighted by Crippen LogP contribution is 2.21. The number of hydrogen-bond acceptors (Lipinski definition) is 3. The van der Waals surface area contributed by atoms with Gasteiger partial charge in [-0.2, -0.15) is 0 Å². The van der Waals surface area contributed by atoms with Gasteiger partial charge in [0, 0.05) is 30.1 Å². The quantitative estimate of drug-likeness (QED) is 0.663. The van der Waals surface area contributed by atoms with Crippen molar-refractivity contribution in [3.63, 3.8) is 0 Å². The van der Waals surface area contributed by atoms with Gasteiger partial charge in [0.25, 0.3) is 0 Å². The van der Waals surface area contributed by atoms with E-state index in [1.54, 1.807) is 6.08 Å². The van der Waals surface area contributed by atoms with Crippen LogP contribution < -0.4 is 5.32 Å². The average Bonchev–Trinajstić information content (AvgIpc) is 3.21. The fourth-order valence-electron chi connectivity index (χ4n) is 3.15. The molecule has 2 heterocycles. The Morgan fingerprint density at radius 1 is 1.22 bits per heavy atom. The van der Waals surface area contributed by atoms with Gasteiger partial charge in [0.1, 0.15) is 5.76 Å². The highest BCUT2D eigenvalue weighted by Gasteiger charge is 2.12. The monoisotopic (exact) mass is 363 g/mol. The molecule has 1 N–H and O–H groups in total. The van der Waals surface area contributed by atoms with Crippen molar-refractivity contribution in [2.75, 3.05) is 6.54 Å². The minimum absolute atomic E-state index is 0.0973. The van der Waals surface area contributed by atoms with Crippen molar-refractivity contribution >= 4 is 12.0 Å². The fourth-order valence-corrected chi connectivity index (χ4v) is 3.15. The van der Waals surface area contributed by atoms with Gasteiger partial charge in [-0.25, -0.2) is 0 Å². The third kappa shape index (κ3) is 4.37. The lowest BCUT2D eigenvalue weighted by atomic mass is 10.0. The first-order valence-electron chi connectivity index (χ1n) is 9.09. The van der Waals surface area contributed by atoms with E-state index in [9.17, 15) is 4.79 Å². The highest BCUT2D eigenvalue weighted by atomic mass is 16.5. The van der Waals surface area contributed by atoms with Crippen LogP contribution in [-0.2, 0) is 4.79 Å². The molecule has 0 spiro atoms. The van der Waals surface area contributed by atoms with Crippen LogP contribution in [0.3, 0.4) is 0 Å². The summed E-state index contributed by atoms with van der Waals surface area (Å²) in [4.78, 5) is 12.2. The lowest BCUT2D eigenvalue weighted by molar-refractivity contribution is -0.116. The summed E-state index contributed by atoms with van der Waals surface area (Å²) in [6.45, 7) is 8.59. The van der Waals surface area contributed by atoms with E-state index in [-0.39, 0.29) is 11.8 Å². The predicted molar refractivity (Wildman–Crippen MR) is 107 cm³/mol. The molecular weight excluding hydrogens is 338 g/mol.